The zero-order valence-electron chi connectivity index (χ0n) is 15.3. The van der Waals surface area contributed by atoms with Gasteiger partial charge in [-0.15, -0.1) is 10.2 Å². The van der Waals surface area contributed by atoms with Crippen LogP contribution in [0, 0.1) is 5.82 Å². The van der Waals surface area contributed by atoms with Gasteiger partial charge in [0.1, 0.15) is 5.82 Å². The number of aromatic nitrogens is 2. The topological polar surface area (TPSA) is 102 Å². The number of rotatable bonds is 6. The van der Waals surface area contributed by atoms with Crippen molar-refractivity contribution in [2.75, 3.05) is 6.26 Å². The molecule has 146 valence electrons. The number of carbonyl (C=O) groups excluding carboxylic acids is 1. The SMILES string of the molecule is CCc1nnc(CNC(=O)c2cc(F)cc(-c3ccc(S(C)(=O)=O)cc3)c2)o1. The molecule has 3 aromatic rings. The number of benzene rings is 2. The van der Waals surface area contributed by atoms with E-state index in [9.17, 15) is 17.6 Å². The number of carbonyl (C=O) groups is 1. The van der Waals surface area contributed by atoms with E-state index in [-0.39, 0.29) is 22.9 Å². The molecule has 0 spiro atoms. The highest BCUT2D eigenvalue weighted by Gasteiger charge is 2.13. The number of halogens is 1. The average molecular weight is 403 g/mol. The monoisotopic (exact) mass is 403 g/mol. The predicted octanol–water partition coefficient (Wildman–Crippen LogP) is 2.77. The third-order valence-electron chi connectivity index (χ3n) is 3.99. The van der Waals surface area contributed by atoms with Gasteiger partial charge in [0.2, 0.25) is 11.8 Å². The van der Waals surface area contributed by atoms with Crippen LogP contribution in [0.5, 0.6) is 0 Å². The van der Waals surface area contributed by atoms with Crippen molar-refractivity contribution in [2.45, 2.75) is 24.8 Å². The van der Waals surface area contributed by atoms with Gasteiger partial charge >= 0.3 is 0 Å². The molecule has 0 aliphatic carbocycles. The largest absolute Gasteiger partial charge is 0.423 e. The molecular formula is C19H18FN3O4S. The van der Waals surface area contributed by atoms with E-state index in [0.717, 1.165) is 12.3 Å². The molecule has 7 nitrogen and oxygen atoms in total. The summed E-state index contributed by atoms with van der Waals surface area (Å²) in [6.07, 6.45) is 1.70. The molecule has 2 aromatic carbocycles. The Hall–Kier alpha value is -3.07. The van der Waals surface area contributed by atoms with Crippen molar-refractivity contribution in [1.82, 2.24) is 15.5 Å². The van der Waals surface area contributed by atoms with Crippen molar-refractivity contribution >= 4 is 15.7 Å². The first-order valence-electron chi connectivity index (χ1n) is 8.47. The van der Waals surface area contributed by atoms with Crippen molar-refractivity contribution in [1.29, 1.82) is 0 Å². The summed E-state index contributed by atoms with van der Waals surface area (Å²) in [5.74, 6) is -0.348. The third kappa shape index (κ3) is 4.61. The Morgan fingerprint density at radius 2 is 1.75 bits per heavy atom. The van der Waals surface area contributed by atoms with Crippen molar-refractivity contribution in [2.24, 2.45) is 0 Å². The first-order chi connectivity index (χ1) is 13.3. The van der Waals surface area contributed by atoms with E-state index in [0.29, 0.717) is 23.4 Å². The Kier molecular flexibility index (Phi) is 5.55. The predicted molar refractivity (Wildman–Crippen MR) is 99.8 cm³/mol. The molecule has 0 aliphatic rings. The standard InChI is InChI=1S/C19H18FN3O4S/c1-3-17-22-23-18(27-17)11-21-19(24)14-8-13(9-15(20)10-14)12-4-6-16(7-5-12)28(2,25)26/h4-10H,3,11H2,1-2H3,(H,21,24). The fraction of sp³-hybridized carbons (Fsp3) is 0.211. The number of hydrogen-bond donors (Lipinski definition) is 1. The van der Waals surface area contributed by atoms with E-state index < -0.39 is 21.6 Å². The van der Waals surface area contributed by atoms with Crippen LogP contribution in [0.15, 0.2) is 51.8 Å². The summed E-state index contributed by atoms with van der Waals surface area (Å²) in [6.45, 7) is 1.90. The van der Waals surface area contributed by atoms with E-state index in [2.05, 4.69) is 15.5 Å². The molecule has 0 atom stereocenters. The first kappa shape index (κ1) is 19.7. The summed E-state index contributed by atoms with van der Waals surface area (Å²) in [6, 6.07) is 9.94. The normalized spacial score (nSPS) is 11.4. The lowest BCUT2D eigenvalue weighted by molar-refractivity contribution is 0.0946. The molecule has 1 amide bonds. The summed E-state index contributed by atoms with van der Waals surface area (Å²) in [5.41, 5.74) is 1.17. The van der Waals surface area contributed by atoms with Crippen LogP contribution in [0.3, 0.4) is 0 Å². The average Bonchev–Trinajstić information content (AvgIpc) is 3.13. The molecule has 0 fully saturated rings. The minimum atomic E-state index is -3.32. The molecule has 1 heterocycles. The quantitative estimate of drug-likeness (QED) is 0.679. The molecule has 0 saturated heterocycles. The summed E-state index contributed by atoms with van der Waals surface area (Å²) < 4.78 is 42.5. The van der Waals surface area contributed by atoms with Gasteiger partial charge < -0.3 is 9.73 Å². The molecule has 0 unspecified atom stereocenters. The highest BCUT2D eigenvalue weighted by Crippen LogP contribution is 2.24. The van der Waals surface area contributed by atoms with Gasteiger partial charge in [0.05, 0.1) is 11.4 Å². The number of aryl methyl sites for hydroxylation is 1. The molecule has 0 saturated carbocycles. The van der Waals surface area contributed by atoms with Crippen LogP contribution in [-0.4, -0.2) is 30.8 Å². The summed E-state index contributed by atoms with van der Waals surface area (Å²) in [5, 5.41) is 10.2. The second-order valence-electron chi connectivity index (χ2n) is 6.15. The van der Waals surface area contributed by atoms with Gasteiger partial charge in [0.15, 0.2) is 9.84 Å². The van der Waals surface area contributed by atoms with Gasteiger partial charge in [-0.05, 0) is 41.5 Å². The molecule has 3 rings (SSSR count). The van der Waals surface area contributed by atoms with E-state index in [4.69, 9.17) is 4.42 Å². The molecule has 28 heavy (non-hydrogen) atoms. The second kappa shape index (κ2) is 7.89. The van der Waals surface area contributed by atoms with Gasteiger partial charge in [-0.1, -0.05) is 19.1 Å². The first-order valence-corrected chi connectivity index (χ1v) is 10.4. The Balaban J connectivity index is 1.79. The third-order valence-corrected chi connectivity index (χ3v) is 5.12. The van der Waals surface area contributed by atoms with Crippen LogP contribution in [0.2, 0.25) is 0 Å². The number of amides is 1. The zero-order chi connectivity index (χ0) is 20.3. The van der Waals surface area contributed by atoms with Gasteiger partial charge in [-0.2, -0.15) is 0 Å². The van der Waals surface area contributed by atoms with Crippen molar-refractivity contribution < 1.29 is 22.0 Å². The fourth-order valence-corrected chi connectivity index (χ4v) is 3.17. The van der Waals surface area contributed by atoms with Gasteiger partial charge in [-0.3, -0.25) is 4.79 Å². The Morgan fingerprint density at radius 3 is 2.36 bits per heavy atom. The molecular weight excluding hydrogens is 385 g/mol. The lowest BCUT2D eigenvalue weighted by atomic mass is 10.0. The number of hydrogen-bond acceptors (Lipinski definition) is 6. The molecule has 1 aromatic heterocycles. The van der Waals surface area contributed by atoms with Crippen molar-refractivity contribution in [3.63, 3.8) is 0 Å². The van der Waals surface area contributed by atoms with Crippen LogP contribution < -0.4 is 5.32 Å². The number of nitrogens with zero attached hydrogens (tertiary/aromatic N) is 2. The molecule has 0 aliphatic heterocycles. The van der Waals surface area contributed by atoms with Gasteiger partial charge in [0.25, 0.3) is 5.91 Å². The number of nitrogens with one attached hydrogen (secondary N) is 1. The fourth-order valence-electron chi connectivity index (χ4n) is 2.54. The lowest BCUT2D eigenvalue weighted by Crippen LogP contribution is -2.23. The minimum Gasteiger partial charge on any atom is -0.423 e. The molecule has 0 radical (unpaired) electrons. The molecule has 1 N–H and O–H groups in total. The summed E-state index contributed by atoms with van der Waals surface area (Å²) in [7, 11) is -3.32. The maximum Gasteiger partial charge on any atom is 0.251 e. The van der Waals surface area contributed by atoms with Crippen molar-refractivity contribution in [3.8, 4) is 11.1 Å². The van der Waals surface area contributed by atoms with Gasteiger partial charge in [-0.25, -0.2) is 12.8 Å². The highest BCUT2D eigenvalue weighted by molar-refractivity contribution is 7.90. The van der Waals surface area contributed by atoms with E-state index in [1.807, 2.05) is 6.92 Å². The number of sulfone groups is 1. The lowest BCUT2D eigenvalue weighted by Gasteiger charge is -2.08. The van der Waals surface area contributed by atoms with Crippen LogP contribution in [0.1, 0.15) is 29.1 Å². The summed E-state index contributed by atoms with van der Waals surface area (Å²) in [4.78, 5) is 12.5. The van der Waals surface area contributed by atoms with Crippen LogP contribution in [-0.2, 0) is 22.8 Å². The molecule has 9 heteroatoms. The summed E-state index contributed by atoms with van der Waals surface area (Å²) >= 11 is 0. The van der Waals surface area contributed by atoms with E-state index in [1.54, 1.807) is 12.1 Å². The maximum atomic E-state index is 14.0. The second-order valence-corrected chi connectivity index (χ2v) is 8.17. The van der Waals surface area contributed by atoms with Crippen molar-refractivity contribution in [3.05, 3.63) is 65.6 Å². The molecule has 0 bridgehead atoms. The minimum absolute atomic E-state index is 0.0285. The zero-order valence-corrected chi connectivity index (χ0v) is 16.1. The highest BCUT2D eigenvalue weighted by atomic mass is 32.2. The maximum absolute atomic E-state index is 14.0. The van der Waals surface area contributed by atoms with Crippen LogP contribution in [0.4, 0.5) is 4.39 Å². The Morgan fingerprint density at radius 1 is 1.07 bits per heavy atom. The van der Waals surface area contributed by atoms with Gasteiger partial charge in [0, 0.05) is 18.2 Å². The van der Waals surface area contributed by atoms with E-state index in [1.165, 1.54) is 24.3 Å². The van der Waals surface area contributed by atoms with Crippen LogP contribution in [0.25, 0.3) is 11.1 Å². The Labute approximate surface area is 161 Å². The van der Waals surface area contributed by atoms with Crippen LogP contribution >= 0.6 is 0 Å². The van der Waals surface area contributed by atoms with E-state index >= 15 is 0 Å². The Bertz CT molecular complexity index is 1110. The smallest absolute Gasteiger partial charge is 0.251 e.